The van der Waals surface area contributed by atoms with Gasteiger partial charge in [-0.25, -0.2) is 4.79 Å². The Labute approximate surface area is 120 Å². The van der Waals surface area contributed by atoms with Crippen LogP contribution < -0.4 is 5.32 Å². The predicted octanol–water partition coefficient (Wildman–Crippen LogP) is 2.93. The molecule has 2 unspecified atom stereocenters. The van der Waals surface area contributed by atoms with E-state index in [0.29, 0.717) is 11.6 Å². The molecule has 0 saturated heterocycles. The van der Waals surface area contributed by atoms with E-state index in [2.05, 4.69) is 22.0 Å². The van der Waals surface area contributed by atoms with Gasteiger partial charge in [-0.2, -0.15) is 0 Å². The molecule has 1 heterocycles. The number of carbonyl (C=O) groups excluding carboxylic acids is 1. The van der Waals surface area contributed by atoms with E-state index < -0.39 is 0 Å². The number of carbonyl (C=O) groups is 1. The standard InChI is InChI=1S/C16H24N2O2/c1-3-12-5-4-6-14(9-12)18-11-15-8-7-13(10-17-15)16(19)20-2/h7-8,10,12,14,18H,3-6,9,11H2,1-2H3. The fourth-order valence-electron chi connectivity index (χ4n) is 2.86. The number of hydrogen-bond acceptors (Lipinski definition) is 4. The zero-order valence-corrected chi connectivity index (χ0v) is 12.4. The Morgan fingerprint density at radius 2 is 2.30 bits per heavy atom. The quantitative estimate of drug-likeness (QED) is 0.840. The fraction of sp³-hybridized carbons (Fsp3) is 0.625. The van der Waals surface area contributed by atoms with Gasteiger partial charge in [0.1, 0.15) is 0 Å². The van der Waals surface area contributed by atoms with Crippen LogP contribution in [0.2, 0.25) is 0 Å². The van der Waals surface area contributed by atoms with Crippen molar-refractivity contribution in [3.63, 3.8) is 0 Å². The summed E-state index contributed by atoms with van der Waals surface area (Å²) in [5.74, 6) is 0.533. The van der Waals surface area contributed by atoms with Gasteiger partial charge < -0.3 is 10.1 Å². The van der Waals surface area contributed by atoms with Gasteiger partial charge in [0.15, 0.2) is 0 Å². The van der Waals surface area contributed by atoms with Crippen molar-refractivity contribution in [3.8, 4) is 0 Å². The van der Waals surface area contributed by atoms with Gasteiger partial charge in [0.25, 0.3) is 0 Å². The largest absolute Gasteiger partial charge is 0.465 e. The molecule has 0 bridgehead atoms. The summed E-state index contributed by atoms with van der Waals surface area (Å²) in [5.41, 5.74) is 1.47. The molecule has 0 amide bonds. The van der Waals surface area contributed by atoms with Crippen LogP contribution in [0, 0.1) is 5.92 Å². The van der Waals surface area contributed by atoms with Crippen LogP contribution >= 0.6 is 0 Å². The summed E-state index contributed by atoms with van der Waals surface area (Å²) in [6.07, 6.45) is 8.10. The number of nitrogens with one attached hydrogen (secondary N) is 1. The van der Waals surface area contributed by atoms with E-state index in [1.807, 2.05) is 6.07 Å². The number of pyridine rings is 1. The lowest BCUT2D eigenvalue weighted by molar-refractivity contribution is 0.0600. The Balaban J connectivity index is 1.83. The zero-order valence-electron chi connectivity index (χ0n) is 12.4. The van der Waals surface area contributed by atoms with E-state index in [4.69, 9.17) is 0 Å². The molecule has 1 aliphatic carbocycles. The molecule has 0 spiro atoms. The third kappa shape index (κ3) is 4.04. The molecule has 1 aromatic heterocycles. The van der Waals surface area contributed by atoms with Crippen LogP contribution in [-0.2, 0) is 11.3 Å². The number of nitrogens with zero attached hydrogens (tertiary/aromatic N) is 1. The summed E-state index contributed by atoms with van der Waals surface area (Å²) in [5, 5.41) is 3.59. The summed E-state index contributed by atoms with van der Waals surface area (Å²) in [6, 6.07) is 4.26. The number of aromatic nitrogens is 1. The lowest BCUT2D eigenvalue weighted by Crippen LogP contribution is -2.33. The van der Waals surface area contributed by atoms with Gasteiger partial charge in [0, 0.05) is 18.8 Å². The van der Waals surface area contributed by atoms with Crippen molar-refractivity contribution in [1.29, 1.82) is 0 Å². The first-order valence-corrected chi connectivity index (χ1v) is 7.49. The minimum absolute atomic E-state index is 0.338. The Kier molecular flexibility index (Phi) is 5.53. The highest BCUT2D eigenvalue weighted by molar-refractivity contribution is 5.88. The number of ether oxygens (including phenoxy) is 1. The molecule has 20 heavy (non-hydrogen) atoms. The first-order valence-electron chi connectivity index (χ1n) is 7.49. The lowest BCUT2D eigenvalue weighted by Gasteiger charge is -2.29. The second-order valence-corrected chi connectivity index (χ2v) is 5.55. The highest BCUT2D eigenvalue weighted by atomic mass is 16.5. The van der Waals surface area contributed by atoms with Crippen LogP contribution in [0.25, 0.3) is 0 Å². The van der Waals surface area contributed by atoms with Crippen LogP contribution in [0.1, 0.15) is 55.1 Å². The Morgan fingerprint density at radius 1 is 1.45 bits per heavy atom. The van der Waals surface area contributed by atoms with Crippen LogP contribution in [0.3, 0.4) is 0 Å². The van der Waals surface area contributed by atoms with Crippen molar-refractivity contribution in [2.24, 2.45) is 5.92 Å². The maximum absolute atomic E-state index is 11.3. The zero-order chi connectivity index (χ0) is 14.4. The molecule has 2 rings (SSSR count). The Morgan fingerprint density at radius 3 is 2.95 bits per heavy atom. The lowest BCUT2D eigenvalue weighted by atomic mass is 9.84. The van der Waals surface area contributed by atoms with E-state index in [9.17, 15) is 4.79 Å². The van der Waals surface area contributed by atoms with Gasteiger partial charge in [0.2, 0.25) is 0 Å². The molecule has 1 fully saturated rings. The molecule has 0 aromatic carbocycles. The first-order chi connectivity index (χ1) is 9.72. The number of methoxy groups -OCH3 is 1. The molecule has 110 valence electrons. The van der Waals surface area contributed by atoms with E-state index >= 15 is 0 Å². The van der Waals surface area contributed by atoms with Crippen LogP contribution in [0.5, 0.6) is 0 Å². The summed E-state index contributed by atoms with van der Waals surface area (Å²) in [7, 11) is 1.38. The Hall–Kier alpha value is -1.42. The molecular formula is C16H24N2O2. The third-order valence-corrected chi connectivity index (χ3v) is 4.18. The van der Waals surface area contributed by atoms with E-state index in [1.54, 1.807) is 12.3 Å². The van der Waals surface area contributed by atoms with Gasteiger partial charge in [-0.15, -0.1) is 0 Å². The molecule has 2 atom stereocenters. The number of hydrogen-bond donors (Lipinski definition) is 1. The van der Waals surface area contributed by atoms with Gasteiger partial charge in [-0.05, 0) is 30.9 Å². The van der Waals surface area contributed by atoms with Gasteiger partial charge in [0.05, 0.1) is 18.4 Å². The topological polar surface area (TPSA) is 51.2 Å². The molecule has 1 aliphatic rings. The molecule has 4 heteroatoms. The number of esters is 1. The van der Waals surface area contributed by atoms with E-state index in [1.165, 1.54) is 39.2 Å². The van der Waals surface area contributed by atoms with Crippen molar-refractivity contribution in [1.82, 2.24) is 10.3 Å². The second-order valence-electron chi connectivity index (χ2n) is 5.55. The summed E-state index contributed by atoms with van der Waals surface area (Å²) in [4.78, 5) is 15.6. The maximum Gasteiger partial charge on any atom is 0.339 e. The van der Waals surface area contributed by atoms with Crippen LogP contribution in [-0.4, -0.2) is 24.1 Å². The highest BCUT2D eigenvalue weighted by Crippen LogP contribution is 2.26. The normalized spacial score (nSPS) is 22.5. The van der Waals surface area contributed by atoms with Crippen molar-refractivity contribution >= 4 is 5.97 Å². The fourth-order valence-corrected chi connectivity index (χ4v) is 2.86. The summed E-state index contributed by atoms with van der Waals surface area (Å²) >= 11 is 0. The third-order valence-electron chi connectivity index (χ3n) is 4.18. The van der Waals surface area contributed by atoms with E-state index in [-0.39, 0.29) is 5.97 Å². The highest BCUT2D eigenvalue weighted by Gasteiger charge is 2.20. The summed E-state index contributed by atoms with van der Waals surface area (Å²) in [6.45, 7) is 3.04. The average Bonchev–Trinajstić information content (AvgIpc) is 2.53. The summed E-state index contributed by atoms with van der Waals surface area (Å²) < 4.78 is 4.66. The average molecular weight is 276 g/mol. The van der Waals surface area contributed by atoms with Gasteiger partial charge in [-0.1, -0.05) is 26.2 Å². The van der Waals surface area contributed by atoms with Crippen molar-refractivity contribution in [3.05, 3.63) is 29.6 Å². The Bertz CT molecular complexity index is 431. The van der Waals surface area contributed by atoms with Gasteiger partial charge >= 0.3 is 5.97 Å². The van der Waals surface area contributed by atoms with Crippen LogP contribution in [0.15, 0.2) is 18.3 Å². The van der Waals surface area contributed by atoms with Crippen LogP contribution in [0.4, 0.5) is 0 Å². The van der Waals surface area contributed by atoms with Crippen molar-refractivity contribution in [2.75, 3.05) is 7.11 Å². The smallest absolute Gasteiger partial charge is 0.339 e. The predicted molar refractivity (Wildman–Crippen MR) is 78.5 cm³/mol. The molecule has 1 saturated carbocycles. The molecule has 1 aromatic rings. The van der Waals surface area contributed by atoms with Crippen molar-refractivity contribution < 1.29 is 9.53 Å². The van der Waals surface area contributed by atoms with Crippen molar-refractivity contribution in [2.45, 2.75) is 51.6 Å². The minimum atomic E-state index is -0.338. The SMILES string of the molecule is CCC1CCCC(NCc2ccc(C(=O)OC)cn2)C1. The molecule has 1 N–H and O–H groups in total. The molecule has 0 aliphatic heterocycles. The minimum Gasteiger partial charge on any atom is -0.465 e. The maximum atomic E-state index is 11.3. The van der Waals surface area contributed by atoms with Gasteiger partial charge in [-0.3, -0.25) is 4.98 Å². The second kappa shape index (κ2) is 7.39. The molecular weight excluding hydrogens is 252 g/mol. The monoisotopic (exact) mass is 276 g/mol. The molecule has 0 radical (unpaired) electrons. The van der Waals surface area contributed by atoms with E-state index in [0.717, 1.165) is 18.2 Å². The first kappa shape index (κ1) is 15.0. The number of rotatable bonds is 5. The molecule has 4 nitrogen and oxygen atoms in total.